The molecule has 0 spiro atoms. The molecule has 0 bridgehead atoms. The Morgan fingerprint density at radius 1 is 1.43 bits per heavy atom. The highest BCUT2D eigenvalue weighted by atomic mass is 19.1. The predicted octanol–water partition coefficient (Wildman–Crippen LogP) is 4.13. The lowest BCUT2D eigenvalue weighted by atomic mass is 10.2. The molecule has 7 heteroatoms. The molecule has 1 aromatic rings. The van der Waals surface area contributed by atoms with Gasteiger partial charge in [0.05, 0.1) is 12.9 Å². The summed E-state index contributed by atoms with van der Waals surface area (Å²) in [7, 11) is 0. The van der Waals surface area contributed by atoms with Gasteiger partial charge < -0.3 is 14.8 Å². The molecule has 23 heavy (non-hydrogen) atoms. The summed E-state index contributed by atoms with van der Waals surface area (Å²) < 4.78 is 36.6. The van der Waals surface area contributed by atoms with E-state index in [9.17, 15) is 13.6 Å². The minimum atomic E-state index is -0.711. The Bertz CT molecular complexity index is 631. The maximum atomic E-state index is 13.6. The molecule has 0 aliphatic carbocycles. The molecule has 1 aromatic carbocycles. The van der Waals surface area contributed by atoms with Gasteiger partial charge in [-0.1, -0.05) is 6.07 Å². The maximum Gasteiger partial charge on any atom is 0.407 e. The third-order valence-electron chi connectivity index (χ3n) is 2.47. The van der Waals surface area contributed by atoms with Crippen molar-refractivity contribution < 1.29 is 23.0 Å². The van der Waals surface area contributed by atoms with E-state index in [1.54, 1.807) is 20.8 Å². The number of alkyl carbamates (subject to hydrolysis) is 1. The van der Waals surface area contributed by atoms with Crippen molar-refractivity contribution in [2.45, 2.75) is 26.4 Å². The van der Waals surface area contributed by atoms with Crippen molar-refractivity contribution in [3.05, 3.63) is 47.3 Å². The van der Waals surface area contributed by atoms with Crippen LogP contribution in [-0.2, 0) is 4.74 Å². The van der Waals surface area contributed by atoms with Crippen LogP contribution in [0.5, 0.6) is 5.75 Å². The van der Waals surface area contributed by atoms with Crippen molar-refractivity contribution in [1.29, 1.82) is 0 Å². The smallest absolute Gasteiger partial charge is 0.407 e. The van der Waals surface area contributed by atoms with Gasteiger partial charge in [-0.15, -0.1) is 0 Å². The van der Waals surface area contributed by atoms with Crippen LogP contribution in [-0.4, -0.2) is 24.8 Å². The first-order chi connectivity index (χ1) is 10.7. The molecule has 0 saturated carbocycles. The minimum Gasteiger partial charge on any atom is -0.486 e. The van der Waals surface area contributed by atoms with Gasteiger partial charge in [-0.05, 0) is 32.9 Å². The molecule has 5 nitrogen and oxygen atoms in total. The summed E-state index contributed by atoms with van der Waals surface area (Å²) in [4.78, 5) is 14.5. The molecule has 1 amide bonds. The Morgan fingerprint density at radius 3 is 2.65 bits per heavy atom. The number of nitrogens with one attached hydrogen (secondary N) is 1. The number of nitrogens with zero attached hydrogens (tertiary/aromatic N) is 1. The first-order valence-corrected chi connectivity index (χ1v) is 6.80. The van der Waals surface area contributed by atoms with Crippen LogP contribution in [0.4, 0.5) is 19.3 Å². The van der Waals surface area contributed by atoms with Crippen molar-refractivity contribution in [1.82, 2.24) is 5.32 Å². The van der Waals surface area contributed by atoms with Crippen LogP contribution in [0.1, 0.15) is 20.8 Å². The Balaban J connectivity index is 2.52. The third kappa shape index (κ3) is 6.78. The number of hydrogen-bond donors (Lipinski definition) is 1. The number of carbonyl (C=O) groups is 1. The van der Waals surface area contributed by atoms with Crippen molar-refractivity contribution in [2.75, 3.05) is 13.2 Å². The van der Waals surface area contributed by atoms with Crippen LogP contribution in [0.3, 0.4) is 0 Å². The number of rotatable bonds is 5. The predicted molar refractivity (Wildman–Crippen MR) is 81.6 cm³/mol. The summed E-state index contributed by atoms with van der Waals surface area (Å²) in [5, 5.41) is 2.38. The second-order valence-electron chi connectivity index (χ2n) is 5.64. The molecule has 0 aromatic heterocycles. The number of ether oxygens (including phenoxy) is 2. The molecular weight excluding hydrogens is 306 g/mol. The van der Waals surface area contributed by atoms with Crippen LogP contribution < -0.4 is 10.1 Å². The molecule has 124 valence electrons. The summed E-state index contributed by atoms with van der Waals surface area (Å²) in [5.41, 5.74) is -0.416. The van der Waals surface area contributed by atoms with Gasteiger partial charge in [-0.25, -0.2) is 18.4 Å². The summed E-state index contributed by atoms with van der Waals surface area (Å²) in [5.74, 6) is -0.814. The molecule has 0 aliphatic heterocycles. The first-order valence-electron chi connectivity index (χ1n) is 6.80. The van der Waals surface area contributed by atoms with Crippen LogP contribution in [0.2, 0.25) is 0 Å². The number of carbonyl (C=O) groups excluding carboxylic acids is 1. The quantitative estimate of drug-likeness (QED) is 0.829. The van der Waals surface area contributed by atoms with Crippen molar-refractivity contribution in [3.63, 3.8) is 0 Å². The van der Waals surface area contributed by atoms with Gasteiger partial charge in [0.2, 0.25) is 0 Å². The van der Waals surface area contributed by atoms with Gasteiger partial charge in [-0.3, -0.25) is 0 Å². The van der Waals surface area contributed by atoms with E-state index in [0.29, 0.717) is 0 Å². The highest BCUT2D eigenvalue weighted by molar-refractivity contribution is 5.68. The molecular formula is C16H18F2N2O3. The van der Waals surface area contributed by atoms with Crippen molar-refractivity contribution >= 4 is 11.8 Å². The summed E-state index contributed by atoms with van der Waals surface area (Å²) >= 11 is 0. The molecule has 0 fully saturated rings. The zero-order valence-electron chi connectivity index (χ0n) is 13.2. The summed E-state index contributed by atoms with van der Waals surface area (Å²) in [6, 6.07) is 3.71. The molecule has 0 unspecified atom stereocenters. The Hall–Kier alpha value is -2.62. The Kier molecular flexibility index (Phi) is 6.51. The molecule has 0 radical (unpaired) electrons. The lowest BCUT2D eigenvalue weighted by Gasteiger charge is -2.20. The lowest BCUT2D eigenvalue weighted by molar-refractivity contribution is 0.0531. The SMILES string of the molecule is [C-]#[N+]c1ccc(OC/C(=C/F)CNC(=O)OC(C)(C)C)c(F)c1. The second kappa shape index (κ2) is 8.13. The minimum absolute atomic E-state index is 0.101. The van der Waals surface area contributed by atoms with Gasteiger partial charge in [-0.2, -0.15) is 0 Å². The van der Waals surface area contributed by atoms with Crippen LogP contribution in [0, 0.1) is 12.4 Å². The number of benzene rings is 1. The first kappa shape index (κ1) is 18.4. The molecule has 0 atom stereocenters. The molecule has 0 aliphatic rings. The normalized spacial score (nSPS) is 11.6. The summed E-state index contributed by atoms with van der Waals surface area (Å²) in [6.45, 7) is 11.5. The molecule has 0 saturated heterocycles. The van der Waals surface area contributed by atoms with Gasteiger partial charge in [0.15, 0.2) is 17.3 Å². The third-order valence-corrected chi connectivity index (χ3v) is 2.47. The molecule has 1 N–H and O–H groups in total. The van der Waals surface area contributed by atoms with E-state index in [1.807, 2.05) is 0 Å². The Morgan fingerprint density at radius 2 is 2.13 bits per heavy atom. The van der Waals surface area contributed by atoms with E-state index in [1.165, 1.54) is 12.1 Å². The average molecular weight is 324 g/mol. The highest BCUT2D eigenvalue weighted by Crippen LogP contribution is 2.23. The van der Waals surface area contributed by atoms with E-state index in [0.717, 1.165) is 6.07 Å². The van der Waals surface area contributed by atoms with Crippen LogP contribution in [0.15, 0.2) is 30.1 Å². The highest BCUT2D eigenvalue weighted by Gasteiger charge is 2.16. The van der Waals surface area contributed by atoms with Crippen molar-refractivity contribution in [3.8, 4) is 5.75 Å². The second-order valence-corrected chi connectivity index (χ2v) is 5.64. The van der Waals surface area contributed by atoms with E-state index in [4.69, 9.17) is 16.0 Å². The van der Waals surface area contributed by atoms with Gasteiger partial charge in [0, 0.05) is 12.1 Å². The zero-order chi connectivity index (χ0) is 17.5. The number of hydrogen-bond acceptors (Lipinski definition) is 3. The fourth-order valence-electron chi connectivity index (χ4n) is 1.47. The van der Waals surface area contributed by atoms with Gasteiger partial charge >= 0.3 is 6.09 Å². The van der Waals surface area contributed by atoms with E-state index >= 15 is 0 Å². The van der Waals surface area contributed by atoms with E-state index < -0.39 is 17.5 Å². The Labute approximate surface area is 133 Å². The van der Waals surface area contributed by atoms with Crippen molar-refractivity contribution in [2.24, 2.45) is 0 Å². The van der Waals surface area contributed by atoms with Crippen LogP contribution >= 0.6 is 0 Å². The zero-order valence-corrected chi connectivity index (χ0v) is 13.2. The summed E-state index contributed by atoms with van der Waals surface area (Å²) in [6.07, 6.45) is -0.410. The number of halogens is 2. The molecule has 0 heterocycles. The van der Waals surface area contributed by atoms with Gasteiger partial charge in [0.25, 0.3) is 0 Å². The number of amides is 1. The maximum absolute atomic E-state index is 13.6. The van der Waals surface area contributed by atoms with Gasteiger partial charge in [0.1, 0.15) is 12.2 Å². The monoisotopic (exact) mass is 324 g/mol. The van der Waals surface area contributed by atoms with E-state index in [2.05, 4.69) is 10.2 Å². The average Bonchev–Trinajstić information content (AvgIpc) is 2.46. The topological polar surface area (TPSA) is 51.9 Å². The standard InChI is InChI=1S/C16H18F2N2O3/c1-16(2,3)23-15(21)20-9-11(8-17)10-22-14-6-5-12(19-4)7-13(14)18/h5-8H,9-10H2,1-3H3,(H,20,21)/b11-8+. The molecule has 1 rings (SSSR count). The fourth-order valence-corrected chi connectivity index (χ4v) is 1.47. The van der Waals surface area contributed by atoms with Crippen LogP contribution in [0.25, 0.3) is 4.85 Å². The lowest BCUT2D eigenvalue weighted by Crippen LogP contribution is -2.34. The largest absolute Gasteiger partial charge is 0.486 e. The van der Waals surface area contributed by atoms with E-state index in [-0.39, 0.29) is 36.5 Å². The fraction of sp³-hybridized carbons (Fsp3) is 0.375.